The third-order valence-electron chi connectivity index (χ3n) is 5.69. The lowest BCUT2D eigenvalue weighted by molar-refractivity contribution is 0.426. The number of rotatable bonds is 2. The van der Waals surface area contributed by atoms with Gasteiger partial charge in [0.2, 0.25) is 0 Å². The van der Waals surface area contributed by atoms with Gasteiger partial charge >= 0.3 is 7.12 Å². The number of hydrogen-bond acceptors (Lipinski definition) is 2. The maximum atomic E-state index is 9.66. The summed E-state index contributed by atoms with van der Waals surface area (Å²) in [4.78, 5) is 0. The van der Waals surface area contributed by atoms with Crippen LogP contribution in [0.4, 0.5) is 0 Å². The van der Waals surface area contributed by atoms with Crippen molar-refractivity contribution in [3.63, 3.8) is 0 Å². The fourth-order valence-electron chi connectivity index (χ4n) is 4.48. The Kier molecular flexibility index (Phi) is 3.62. The second-order valence-corrected chi connectivity index (χ2v) is 7.17. The first-order valence-corrected chi connectivity index (χ1v) is 9.19. The third-order valence-corrected chi connectivity index (χ3v) is 5.69. The van der Waals surface area contributed by atoms with Crippen LogP contribution >= 0.6 is 0 Å². The summed E-state index contributed by atoms with van der Waals surface area (Å²) in [5.74, 6) is 0.868. The first kappa shape index (κ1) is 15.7. The van der Waals surface area contributed by atoms with Crippen LogP contribution in [0.3, 0.4) is 0 Å². The van der Waals surface area contributed by atoms with Crippen LogP contribution in [0.15, 0.2) is 66.8 Å². The molecule has 1 heterocycles. The number of hydrogen-bond donors (Lipinski definition) is 2. The Labute approximate surface area is 153 Å². The number of aromatic nitrogens is 1. The molecule has 0 saturated carbocycles. The van der Waals surface area contributed by atoms with Crippen LogP contribution in [-0.2, 0) is 0 Å². The van der Waals surface area contributed by atoms with E-state index < -0.39 is 7.12 Å². The lowest BCUT2D eigenvalue weighted by atomic mass is 9.74. The molecule has 3 nitrogen and oxygen atoms in total. The summed E-state index contributed by atoms with van der Waals surface area (Å²) in [6, 6.07) is 16.1. The third kappa shape index (κ3) is 2.30. The van der Waals surface area contributed by atoms with Crippen molar-refractivity contribution in [1.82, 2.24) is 4.57 Å². The zero-order valence-corrected chi connectivity index (χ0v) is 14.4. The van der Waals surface area contributed by atoms with Gasteiger partial charge in [0.25, 0.3) is 0 Å². The van der Waals surface area contributed by atoms with E-state index in [0.717, 1.165) is 29.4 Å². The van der Waals surface area contributed by atoms with Crippen molar-refractivity contribution in [2.45, 2.75) is 18.8 Å². The van der Waals surface area contributed by atoms with E-state index in [-0.39, 0.29) is 0 Å². The minimum Gasteiger partial charge on any atom is -0.423 e. The van der Waals surface area contributed by atoms with Crippen LogP contribution < -0.4 is 5.46 Å². The molecule has 0 spiro atoms. The van der Waals surface area contributed by atoms with E-state index >= 15 is 0 Å². The summed E-state index contributed by atoms with van der Waals surface area (Å²) in [5.41, 5.74) is 5.27. The Morgan fingerprint density at radius 2 is 1.85 bits per heavy atom. The van der Waals surface area contributed by atoms with Crippen molar-refractivity contribution in [3.05, 3.63) is 78.0 Å². The SMILES string of the molecule is OB(O)c1ccc2c(c1)c1c(n2-c2ccccc2)C=CC2CCC=CC12. The molecule has 5 rings (SSSR count). The number of allylic oxidation sites excluding steroid dienone is 3. The normalized spacial score (nSPS) is 20.8. The second-order valence-electron chi connectivity index (χ2n) is 7.17. The maximum absolute atomic E-state index is 9.66. The predicted octanol–water partition coefficient (Wildman–Crippen LogP) is 3.39. The first-order chi connectivity index (χ1) is 12.7. The predicted molar refractivity (Wildman–Crippen MR) is 107 cm³/mol. The molecule has 2 aromatic carbocycles. The lowest BCUT2D eigenvalue weighted by Crippen LogP contribution is -2.29. The molecule has 2 atom stereocenters. The molecule has 2 unspecified atom stereocenters. The summed E-state index contributed by atoms with van der Waals surface area (Å²) in [6.45, 7) is 0. The van der Waals surface area contributed by atoms with Crippen molar-refractivity contribution in [2.75, 3.05) is 0 Å². The van der Waals surface area contributed by atoms with Gasteiger partial charge in [0.05, 0.1) is 11.2 Å². The van der Waals surface area contributed by atoms with Gasteiger partial charge in [-0.1, -0.05) is 48.6 Å². The summed E-state index contributed by atoms with van der Waals surface area (Å²) < 4.78 is 2.29. The molecule has 1 aromatic heterocycles. The summed E-state index contributed by atoms with van der Waals surface area (Å²) >= 11 is 0. The first-order valence-electron chi connectivity index (χ1n) is 9.19. The average molecular weight is 341 g/mol. The van der Waals surface area contributed by atoms with Crippen LogP contribution in [0.2, 0.25) is 0 Å². The van der Waals surface area contributed by atoms with Gasteiger partial charge in [0.1, 0.15) is 0 Å². The molecule has 3 aromatic rings. The molecule has 0 aliphatic heterocycles. The Hall–Kier alpha value is -2.56. The van der Waals surface area contributed by atoms with Crippen LogP contribution in [0, 0.1) is 5.92 Å². The van der Waals surface area contributed by atoms with E-state index in [1.54, 1.807) is 6.07 Å². The molecule has 0 fully saturated rings. The minimum atomic E-state index is -1.45. The minimum absolute atomic E-state index is 0.349. The van der Waals surface area contributed by atoms with Gasteiger partial charge in [-0.05, 0) is 54.1 Å². The van der Waals surface area contributed by atoms with Crippen LogP contribution in [0.1, 0.15) is 30.0 Å². The fourth-order valence-corrected chi connectivity index (χ4v) is 4.48. The van der Waals surface area contributed by atoms with Crippen LogP contribution in [0.5, 0.6) is 0 Å². The molecule has 26 heavy (non-hydrogen) atoms. The van der Waals surface area contributed by atoms with Gasteiger partial charge in [-0.25, -0.2) is 0 Å². The maximum Gasteiger partial charge on any atom is 0.488 e. The van der Waals surface area contributed by atoms with E-state index in [0.29, 0.717) is 17.3 Å². The number of fused-ring (bicyclic) bond motifs is 5. The van der Waals surface area contributed by atoms with Crippen LogP contribution in [0.25, 0.3) is 22.7 Å². The largest absolute Gasteiger partial charge is 0.488 e. The monoisotopic (exact) mass is 341 g/mol. The highest BCUT2D eigenvalue weighted by atomic mass is 16.4. The van der Waals surface area contributed by atoms with E-state index in [1.165, 1.54) is 11.3 Å². The molecule has 2 aliphatic carbocycles. The van der Waals surface area contributed by atoms with E-state index in [9.17, 15) is 10.0 Å². The van der Waals surface area contributed by atoms with Crippen molar-refractivity contribution in [2.24, 2.45) is 5.92 Å². The highest BCUT2D eigenvalue weighted by molar-refractivity contribution is 6.58. The van der Waals surface area contributed by atoms with Gasteiger partial charge < -0.3 is 14.6 Å². The molecule has 0 amide bonds. The smallest absolute Gasteiger partial charge is 0.423 e. The summed E-state index contributed by atoms with van der Waals surface area (Å²) in [7, 11) is -1.45. The average Bonchev–Trinajstić information content (AvgIpc) is 3.02. The Balaban J connectivity index is 1.86. The molecule has 0 bridgehead atoms. The highest BCUT2D eigenvalue weighted by Gasteiger charge is 2.31. The van der Waals surface area contributed by atoms with E-state index in [2.05, 4.69) is 53.1 Å². The lowest BCUT2D eigenvalue weighted by Gasteiger charge is -2.29. The molecule has 2 N–H and O–H groups in total. The number of nitrogens with zero attached hydrogens (tertiary/aromatic N) is 1. The summed E-state index contributed by atoms with van der Waals surface area (Å²) in [5, 5.41) is 20.4. The summed E-state index contributed by atoms with van der Waals surface area (Å²) in [6.07, 6.45) is 11.5. The molecule has 4 heteroatoms. The highest BCUT2D eigenvalue weighted by Crippen LogP contribution is 2.45. The molecule has 0 radical (unpaired) electrons. The Bertz CT molecular complexity index is 1030. The fraction of sp³-hybridized carbons (Fsp3) is 0.182. The van der Waals surface area contributed by atoms with E-state index in [1.807, 2.05) is 18.2 Å². The van der Waals surface area contributed by atoms with Crippen LogP contribution in [-0.4, -0.2) is 21.7 Å². The van der Waals surface area contributed by atoms with Crippen molar-refractivity contribution in [3.8, 4) is 5.69 Å². The van der Waals surface area contributed by atoms with Gasteiger partial charge in [0, 0.05) is 17.0 Å². The number of para-hydroxylation sites is 1. The molecule has 2 aliphatic rings. The van der Waals surface area contributed by atoms with Gasteiger partial charge in [-0.2, -0.15) is 0 Å². The Morgan fingerprint density at radius 1 is 1.00 bits per heavy atom. The van der Waals surface area contributed by atoms with Crippen molar-refractivity contribution < 1.29 is 10.0 Å². The topological polar surface area (TPSA) is 45.4 Å². The second kappa shape index (κ2) is 6.01. The van der Waals surface area contributed by atoms with E-state index in [4.69, 9.17) is 0 Å². The van der Waals surface area contributed by atoms with Crippen molar-refractivity contribution >= 4 is 29.6 Å². The van der Waals surface area contributed by atoms with Gasteiger partial charge in [0.15, 0.2) is 0 Å². The number of benzene rings is 2. The molecular weight excluding hydrogens is 321 g/mol. The molecule has 128 valence electrons. The quantitative estimate of drug-likeness (QED) is 0.554. The molecular formula is C22H20BNO2. The molecule has 0 saturated heterocycles. The van der Waals surface area contributed by atoms with Gasteiger partial charge in [-0.3, -0.25) is 0 Å². The standard InChI is InChI=1S/C22H20BNO2/c25-23(26)16-11-13-20-19(14-16)22-18-9-5-4-6-15(18)10-12-21(22)24(20)17-7-2-1-3-8-17/h1-3,5,7-15,18,25-26H,4,6H2. The van der Waals surface area contributed by atoms with Crippen molar-refractivity contribution in [1.29, 1.82) is 0 Å². The van der Waals surface area contributed by atoms with Gasteiger partial charge in [-0.15, -0.1) is 0 Å². The zero-order chi connectivity index (χ0) is 17.7. The zero-order valence-electron chi connectivity index (χ0n) is 14.4. The Morgan fingerprint density at radius 3 is 2.65 bits per heavy atom.